The second kappa shape index (κ2) is 12.4. The van der Waals surface area contributed by atoms with Gasteiger partial charge in [-0.25, -0.2) is 0 Å². The highest BCUT2D eigenvalue weighted by molar-refractivity contribution is 7.98. The second-order valence-electron chi connectivity index (χ2n) is 9.12. The van der Waals surface area contributed by atoms with Crippen LogP contribution in [0.25, 0.3) is 10.9 Å². The van der Waals surface area contributed by atoms with E-state index in [-0.39, 0.29) is 11.0 Å². The van der Waals surface area contributed by atoms with Crippen LogP contribution in [0.5, 0.6) is 0 Å². The predicted octanol–water partition coefficient (Wildman–Crippen LogP) is 5.82. The molecule has 1 aliphatic rings. The minimum atomic E-state index is -0.407. The molecule has 0 saturated carbocycles. The van der Waals surface area contributed by atoms with Gasteiger partial charge in [-0.1, -0.05) is 41.4 Å². The van der Waals surface area contributed by atoms with Gasteiger partial charge >= 0.3 is 0 Å². The minimum absolute atomic E-state index is 0.117. The fourth-order valence-electron chi connectivity index (χ4n) is 4.38. The summed E-state index contributed by atoms with van der Waals surface area (Å²) >= 11 is 13.6. The molecule has 0 spiro atoms. The van der Waals surface area contributed by atoms with Gasteiger partial charge in [-0.2, -0.15) is 0 Å². The van der Waals surface area contributed by atoms with E-state index in [4.69, 9.17) is 27.9 Å². The minimum Gasteiger partial charge on any atom is -0.379 e. The van der Waals surface area contributed by atoms with Gasteiger partial charge in [0.15, 0.2) is 0 Å². The number of ether oxygens (including phenoxy) is 1. The van der Waals surface area contributed by atoms with E-state index >= 15 is 0 Å². The number of pyridine rings is 1. The Morgan fingerprint density at radius 1 is 0.921 bits per heavy atom. The Morgan fingerprint density at radius 3 is 2.29 bits per heavy atom. The third kappa shape index (κ3) is 6.60. The lowest BCUT2D eigenvalue weighted by molar-refractivity contribution is 0.0342. The van der Waals surface area contributed by atoms with Gasteiger partial charge in [0.25, 0.3) is 5.91 Å². The second-order valence-corrected chi connectivity index (χ2v) is 11.0. The molecule has 0 atom stereocenters. The van der Waals surface area contributed by atoms with Crippen molar-refractivity contribution in [1.29, 1.82) is 0 Å². The van der Waals surface area contributed by atoms with Crippen molar-refractivity contribution in [2.45, 2.75) is 23.9 Å². The van der Waals surface area contributed by atoms with Crippen LogP contribution in [-0.2, 0) is 23.7 Å². The van der Waals surface area contributed by atoms with Crippen LogP contribution in [0.2, 0.25) is 10.0 Å². The Hall–Kier alpha value is -2.81. The molecule has 5 rings (SSSR count). The first-order chi connectivity index (χ1) is 18.5. The van der Waals surface area contributed by atoms with Crippen molar-refractivity contribution in [2.24, 2.45) is 0 Å². The molecule has 0 radical (unpaired) electrons. The van der Waals surface area contributed by atoms with Crippen LogP contribution >= 0.6 is 35.0 Å². The first kappa shape index (κ1) is 26.8. The van der Waals surface area contributed by atoms with Gasteiger partial charge < -0.3 is 14.6 Å². The Balaban J connectivity index is 1.45. The number of hydrogen-bond acceptors (Lipinski definition) is 5. The van der Waals surface area contributed by atoms with Gasteiger partial charge in [0, 0.05) is 52.7 Å². The number of rotatable bonds is 8. The maximum absolute atomic E-state index is 13.6. The van der Waals surface area contributed by atoms with Crippen molar-refractivity contribution in [3.8, 4) is 0 Å². The zero-order valence-corrected chi connectivity index (χ0v) is 23.0. The molecule has 4 aromatic rings. The maximum atomic E-state index is 13.6. The zero-order valence-electron chi connectivity index (χ0n) is 20.7. The number of morpholine rings is 1. The van der Waals surface area contributed by atoms with Gasteiger partial charge in [-0.05, 0) is 59.7 Å². The fourth-order valence-corrected chi connectivity index (χ4v) is 5.47. The van der Waals surface area contributed by atoms with Crippen molar-refractivity contribution < 1.29 is 9.53 Å². The van der Waals surface area contributed by atoms with Crippen LogP contribution in [-0.4, -0.2) is 41.7 Å². The summed E-state index contributed by atoms with van der Waals surface area (Å²) in [6.07, 6.45) is 1.66. The average Bonchev–Trinajstić information content (AvgIpc) is 2.94. The fraction of sp³-hybridized carbons (Fsp3) is 0.241. The monoisotopic (exact) mass is 567 g/mol. The SMILES string of the molecule is O=C(NCc1ccc(Cl)cc1)c1cn(CSc2ccc(Cl)cc2)c2ccc(CN3CCOCC3)cc2c1=O. The summed E-state index contributed by atoms with van der Waals surface area (Å²) in [6.45, 7) is 4.15. The Bertz CT molecular complexity index is 1480. The molecule has 0 bridgehead atoms. The van der Waals surface area contributed by atoms with Crippen molar-refractivity contribution >= 4 is 51.8 Å². The molecular formula is C29H27Cl2N3O3S. The van der Waals surface area contributed by atoms with Gasteiger partial charge in [-0.3, -0.25) is 14.5 Å². The molecule has 1 N–H and O–H groups in total. The van der Waals surface area contributed by atoms with Gasteiger partial charge in [0.2, 0.25) is 5.43 Å². The van der Waals surface area contributed by atoms with Crippen molar-refractivity contribution in [3.05, 3.63) is 110 Å². The normalized spacial score (nSPS) is 14.1. The average molecular weight is 569 g/mol. The number of nitrogens with one attached hydrogen (secondary N) is 1. The van der Waals surface area contributed by atoms with Crippen LogP contribution in [0.4, 0.5) is 0 Å². The highest BCUT2D eigenvalue weighted by Crippen LogP contribution is 2.25. The van der Waals surface area contributed by atoms with Crippen molar-refractivity contribution in [1.82, 2.24) is 14.8 Å². The molecular weight excluding hydrogens is 541 g/mol. The highest BCUT2D eigenvalue weighted by atomic mass is 35.5. The van der Waals surface area contributed by atoms with Gasteiger partial charge in [-0.15, -0.1) is 11.8 Å². The third-order valence-corrected chi connectivity index (χ3v) is 7.97. The highest BCUT2D eigenvalue weighted by Gasteiger charge is 2.17. The van der Waals surface area contributed by atoms with E-state index in [1.54, 1.807) is 30.1 Å². The first-order valence-corrected chi connectivity index (χ1v) is 14.1. The molecule has 1 saturated heterocycles. The first-order valence-electron chi connectivity index (χ1n) is 12.3. The Labute approximate surface area is 235 Å². The van der Waals surface area contributed by atoms with E-state index < -0.39 is 5.91 Å². The summed E-state index contributed by atoms with van der Waals surface area (Å²) in [7, 11) is 0. The van der Waals surface area contributed by atoms with Crippen LogP contribution in [0.3, 0.4) is 0 Å². The number of carbonyl (C=O) groups is 1. The molecule has 9 heteroatoms. The number of amides is 1. The van der Waals surface area contributed by atoms with E-state index in [2.05, 4.69) is 16.3 Å². The lowest BCUT2D eigenvalue weighted by Gasteiger charge is -2.26. The third-order valence-electron chi connectivity index (χ3n) is 6.45. The number of benzene rings is 3. The van der Waals surface area contributed by atoms with E-state index in [1.807, 2.05) is 53.1 Å². The molecule has 0 unspecified atom stereocenters. The summed E-state index contributed by atoms with van der Waals surface area (Å²) in [5.41, 5.74) is 2.57. The summed E-state index contributed by atoms with van der Waals surface area (Å²) in [5.74, 6) is 0.120. The number of nitrogens with zero attached hydrogens (tertiary/aromatic N) is 2. The van der Waals surface area contributed by atoms with Crippen LogP contribution < -0.4 is 10.7 Å². The van der Waals surface area contributed by atoms with E-state index in [9.17, 15) is 9.59 Å². The molecule has 1 amide bonds. The summed E-state index contributed by atoms with van der Waals surface area (Å²) in [4.78, 5) is 30.2. The molecule has 3 aromatic carbocycles. The molecule has 1 aromatic heterocycles. The Kier molecular flexibility index (Phi) is 8.72. The summed E-state index contributed by atoms with van der Waals surface area (Å²) in [6, 6.07) is 20.8. The standard InChI is InChI=1S/C29H27Cl2N3O3S/c30-22-4-1-20(2-5-22)16-32-29(36)26-18-34(19-38-24-8-6-23(31)7-9-24)27-10-3-21(15-25(27)28(26)35)17-33-11-13-37-14-12-33/h1-10,15,18H,11-14,16-17,19H2,(H,32,36). The van der Waals surface area contributed by atoms with Crippen LogP contribution in [0.15, 0.2) is 82.6 Å². The van der Waals surface area contributed by atoms with E-state index in [1.165, 1.54) is 0 Å². The maximum Gasteiger partial charge on any atom is 0.257 e. The lowest BCUT2D eigenvalue weighted by atomic mass is 10.1. The summed E-state index contributed by atoms with van der Waals surface area (Å²) < 4.78 is 7.42. The molecule has 196 valence electrons. The molecule has 1 fully saturated rings. The number of thioether (sulfide) groups is 1. The zero-order chi connectivity index (χ0) is 26.5. The molecule has 2 heterocycles. The van der Waals surface area contributed by atoms with Crippen molar-refractivity contribution in [2.75, 3.05) is 26.3 Å². The molecule has 0 aliphatic carbocycles. The Morgan fingerprint density at radius 2 is 1.58 bits per heavy atom. The summed E-state index contributed by atoms with van der Waals surface area (Å²) in [5, 5.41) is 4.73. The van der Waals surface area contributed by atoms with Gasteiger partial charge in [0.05, 0.1) is 24.6 Å². The van der Waals surface area contributed by atoms with Crippen molar-refractivity contribution in [3.63, 3.8) is 0 Å². The lowest BCUT2D eigenvalue weighted by Crippen LogP contribution is -2.35. The number of carbonyl (C=O) groups excluding carboxylic acids is 1. The number of hydrogen-bond donors (Lipinski definition) is 1. The number of aromatic nitrogens is 1. The number of fused-ring (bicyclic) bond motifs is 1. The van der Waals surface area contributed by atoms with Crippen LogP contribution in [0.1, 0.15) is 21.5 Å². The quantitative estimate of drug-likeness (QED) is 0.272. The largest absolute Gasteiger partial charge is 0.379 e. The molecule has 38 heavy (non-hydrogen) atoms. The molecule has 6 nitrogen and oxygen atoms in total. The number of halogens is 2. The van der Waals surface area contributed by atoms with E-state index in [0.29, 0.717) is 41.1 Å². The van der Waals surface area contributed by atoms with Gasteiger partial charge in [0.1, 0.15) is 5.56 Å². The topological polar surface area (TPSA) is 63.6 Å². The predicted molar refractivity (Wildman–Crippen MR) is 154 cm³/mol. The smallest absolute Gasteiger partial charge is 0.257 e. The molecule has 1 aliphatic heterocycles. The van der Waals surface area contributed by atoms with E-state index in [0.717, 1.165) is 41.2 Å². The van der Waals surface area contributed by atoms with Crippen LogP contribution in [0, 0.1) is 0 Å².